The number of hydrogen-bond donors (Lipinski definition) is 0. The van der Waals surface area contributed by atoms with Gasteiger partial charge in [0.2, 0.25) is 0 Å². The minimum absolute atomic E-state index is 0.0514. The van der Waals surface area contributed by atoms with Crippen LogP contribution in [0.25, 0.3) is 6.08 Å². The Balaban J connectivity index is 1.96. The molecule has 7 nitrogen and oxygen atoms in total. The molecular weight excluding hydrogens is 500 g/mol. The van der Waals surface area contributed by atoms with Gasteiger partial charge in [0.15, 0.2) is 16.3 Å². The maximum atomic E-state index is 13.7. The minimum atomic E-state index is -0.754. The number of rotatable bonds is 7. The third-order valence-corrected chi connectivity index (χ3v) is 6.90. The summed E-state index contributed by atoms with van der Waals surface area (Å²) in [5.41, 5.74) is 1.91. The Hall–Kier alpha value is -3.36. The number of ether oxygens (including phenoxy) is 3. The molecule has 1 aliphatic rings. The average Bonchev–Trinajstić information content (AvgIpc) is 3.14. The normalized spacial score (nSPS) is 15.5. The maximum Gasteiger partial charge on any atom is 0.338 e. The highest BCUT2D eigenvalue weighted by Crippen LogP contribution is 2.36. The molecule has 0 fully saturated rings. The first-order valence-corrected chi connectivity index (χ1v) is 12.7. The summed E-state index contributed by atoms with van der Waals surface area (Å²) in [5.74, 6) is 0.545. The van der Waals surface area contributed by atoms with Gasteiger partial charge in [-0.25, -0.2) is 9.79 Å². The van der Waals surface area contributed by atoms with Crippen molar-refractivity contribution >= 4 is 35.0 Å². The number of carbonyl (C=O) groups excluding carboxylic acids is 1. The quantitative estimate of drug-likeness (QED) is 0.430. The SMILES string of the molecule is CCOC(=O)C1=C(C)N=c2sc(=Cc3ccccc3Cl)c(=O)n2C1c1ccc(OC(C)C)c(OC)c1. The molecule has 1 atom stereocenters. The van der Waals surface area contributed by atoms with E-state index in [-0.39, 0.29) is 18.3 Å². The van der Waals surface area contributed by atoms with Gasteiger partial charge < -0.3 is 14.2 Å². The van der Waals surface area contributed by atoms with Crippen molar-refractivity contribution in [3.05, 3.63) is 89.6 Å². The molecule has 0 saturated carbocycles. The van der Waals surface area contributed by atoms with E-state index in [0.717, 1.165) is 5.56 Å². The van der Waals surface area contributed by atoms with Crippen molar-refractivity contribution in [2.45, 2.75) is 39.8 Å². The van der Waals surface area contributed by atoms with E-state index >= 15 is 0 Å². The van der Waals surface area contributed by atoms with Crippen LogP contribution in [0.3, 0.4) is 0 Å². The lowest BCUT2D eigenvalue weighted by molar-refractivity contribution is -0.139. The van der Waals surface area contributed by atoms with Crippen molar-refractivity contribution < 1.29 is 19.0 Å². The lowest BCUT2D eigenvalue weighted by Crippen LogP contribution is -2.40. The number of allylic oxidation sites excluding steroid dienone is 1. The van der Waals surface area contributed by atoms with Crippen LogP contribution in [0.4, 0.5) is 0 Å². The molecule has 0 radical (unpaired) electrons. The Morgan fingerprint density at radius 1 is 1.22 bits per heavy atom. The van der Waals surface area contributed by atoms with Gasteiger partial charge in [-0.15, -0.1) is 0 Å². The van der Waals surface area contributed by atoms with Crippen LogP contribution in [0, 0.1) is 0 Å². The number of methoxy groups -OCH3 is 1. The van der Waals surface area contributed by atoms with Crippen molar-refractivity contribution in [1.82, 2.24) is 4.57 Å². The number of fused-ring (bicyclic) bond motifs is 1. The summed E-state index contributed by atoms with van der Waals surface area (Å²) in [4.78, 5) is 31.9. The number of carbonyl (C=O) groups is 1. The molecule has 1 aromatic heterocycles. The molecule has 188 valence electrons. The highest BCUT2D eigenvalue weighted by molar-refractivity contribution is 7.07. The molecule has 2 aromatic carbocycles. The molecular formula is C27H27ClN2O5S. The number of esters is 1. The van der Waals surface area contributed by atoms with Gasteiger partial charge in [-0.2, -0.15) is 0 Å². The second-order valence-electron chi connectivity index (χ2n) is 8.40. The zero-order valence-electron chi connectivity index (χ0n) is 20.7. The van der Waals surface area contributed by atoms with E-state index in [0.29, 0.717) is 42.7 Å². The van der Waals surface area contributed by atoms with Crippen molar-refractivity contribution in [3.63, 3.8) is 0 Å². The molecule has 9 heteroatoms. The fraction of sp³-hybridized carbons (Fsp3) is 0.296. The zero-order chi connectivity index (χ0) is 26.0. The molecule has 0 bridgehead atoms. The van der Waals surface area contributed by atoms with Crippen molar-refractivity contribution in [3.8, 4) is 11.5 Å². The molecule has 0 spiro atoms. The van der Waals surface area contributed by atoms with Crippen LogP contribution in [0.15, 0.2) is 63.5 Å². The van der Waals surface area contributed by atoms with Gasteiger partial charge in [-0.05, 0) is 63.1 Å². The third kappa shape index (κ3) is 4.96. The van der Waals surface area contributed by atoms with Crippen molar-refractivity contribution in [2.75, 3.05) is 13.7 Å². The van der Waals surface area contributed by atoms with Crippen molar-refractivity contribution in [1.29, 1.82) is 0 Å². The summed E-state index contributed by atoms with van der Waals surface area (Å²) < 4.78 is 18.8. The highest BCUT2D eigenvalue weighted by atomic mass is 35.5. The second kappa shape index (κ2) is 10.7. The van der Waals surface area contributed by atoms with Gasteiger partial charge in [0, 0.05) is 5.02 Å². The zero-order valence-corrected chi connectivity index (χ0v) is 22.3. The number of halogens is 1. The number of hydrogen-bond acceptors (Lipinski definition) is 7. The number of aromatic nitrogens is 1. The maximum absolute atomic E-state index is 13.7. The predicted molar refractivity (Wildman–Crippen MR) is 141 cm³/mol. The van der Waals surface area contributed by atoms with E-state index in [2.05, 4.69) is 4.99 Å². The Morgan fingerprint density at radius 3 is 2.64 bits per heavy atom. The van der Waals surface area contributed by atoms with Crippen LogP contribution >= 0.6 is 22.9 Å². The molecule has 3 aromatic rings. The summed E-state index contributed by atoms with van der Waals surface area (Å²) >= 11 is 7.57. The summed E-state index contributed by atoms with van der Waals surface area (Å²) in [5, 5.41) is 0.536. The first kappa shape index (κ1) is 25.7. The smallest absolute Gasteiger partial charge is 0.338 e. The number of benzene rings is 2. The van der Waals surface area contributed by atoms with E-state index in [1.165, 1.54) is 15.9 Å². The first-order valence-electron chi connectivity index (χ1n) is 11.5. The fourth-order valence-corrected chi connectivity index (χ4v) is 5.27. The van der Waals surface area contributed by atoms with Crippen LogP contribution in [0.2, 0.25) is 5.02 Å². The van der Waals surface area contributed by atoms with Crippen LogP contribution in [-0.4, -0.2) is 30.4 Å². The largest absolute Gasteiger partial charge is 0.493 e. The molecule has 0 N–H and O–H groups in total. The van der Waals surface area contributed by atoms with Gasteiger partial charge in [-0.1, -0.05) is 47.2 Å². The highest BCUT2D eigenvalue weighted by Gasteiger charge is 2.34. The molecule has 1 unspecified atom stereocenters. The monoisotopic (exact) mass is 526 g/mol. The third-order valence-electron chi connectivity index (χ3n) is 5.57. The molecule has 2 heterocycles. The van der Waals surface area contributed by atoms with Crippen molar-refractivity contribution in [2.24, 2.45) is 4.99 Å². The summed E-state index contributed by atoms with van der Waals surface area (Å²) in [6.07, 6.45) is 1.69. The molecule has 0 saturated heterocycles. The van der Waals surface area contributed by atoms with Gasteiger partial charge in [0.25, 0.3) is 5.56 Å². The van der Waals surface area contributed by atoms with Gasteiger partial charge >= 0.3 is 5.97 Å². The van der Waals surface area contributed by atoms with E-state index in [4.69, 9.17) is 25.8 Å². The predicted octanol–water partition coefficient (Wildman–Crippen LogP) is 4.25. The number of thiazole rings is 1. The van der Waals surface area contributed by atoms with E-state index in [1.54, 1.807) is 45.2 Å². The lowest BCUT2D eigenvalue weighted by atomic mass is 9.95. The molecule has 36 heavy (non-hydrogen) atoms. The first-order chi connectivity index (χ1) is 17.2. The standard InChI is InChI=1S/C27H27ClN2O5S/c1-6-34-26(32)23-16(4)29-27-30(25(31)22(36-27)14-17-9-7-8-10-19(17)28)24(23)18-11-12-20(35-15(2)3)21(13-18)33-5/h7-15,24H,6H2,1-5H3. The topological polar surface area (TPSA) is 79.1 Å². The summed E-state index contributed by atoms with van der Waals surface area (Å²) in [6.45, 7) is 7.54. The Morgan fingerprint density at radius 2 is 1.97 bits per heavy atom. The van der Waals surface area contributed by atoms with Crippen LogP contribution in [-0.2, 0) is 9.53 Å². The van der Waals surface area contributed by atoms with Crippen LogP contribution < -0.4 is 24.4 Å². The molecule has 4 rings (SSSR count). The summed E-state index contributed by atoms with van der Waals surface area (Å²) in [7, 11) is 1.55. The molecule has 1 aliphatic heterocycles. The van der Waals surface area contributed by atoms with Crippen LogP contribution in [0.1, 0.15) is 44.9 Å². The fourth-order valence-electron chi connectivity index (χ4n) is 4.05. The molecule has 0 amide bonds. The van der Waals surface area contributed by atoms with Crippen LogP contribution in [0.5, 0.6) is 11.5 Å². The lowest BCUT2D eigenvalue weighted by Gasteiger charge is -2.25. The van der Waals surface area contributed by atoms with E-state index in [1.807, 2.05) is 38.1 Å². The van der Waals surface area contributed by atoms with Gasteiger partial charge in [-0.3, -0.25) is 9.36 Å². The Kier molecular flexibility index (Phi) is 7.66. The minimum Gasteiger partial charge on any atom is -0.493 e. The Labute approximate surface area is 217 Å². The Bertz CT molecular complexity index is 1520. The van der Waals surface area contributed by atoms with E-state index in [9.17, 15) is 9.59 Å². The molecule has 0 aliphatic carbocycles. The average molecular weight is 527 g/mol. The summed E-state index contributed by atoms with van der Waals surface area (Å²) in [6, 6.07) is 11.9. The van der Waals surface area contributed by atoms with Gasteiger partial charge in [0.1, 0.15) is 0 Å². The van der Waals surface area contributed by atoms with E-state index < -0.39 is 12.0 Å². The van der Waals surface area contributed by atoms with Gasteiger partial charge in [0.05, 0.1) is 41.7 Å². The second-order valence-corrected chi connectivity index (χ2v) is 9.82. The number of nitrogens with zero attached hydrogens (tertiary/aromatic N) is 2.